The zero-order valence-electron chi connectivity index (χ0n) is 38.6. The van der Waals surface area contributed by atoms with Crippen LogP contribution < -0.4 is 26.2 Å². The lowest BCUT2D eigenvalue weighted by atomic mass is 9.32. The van der Waals surface area contributed by atoms with Crippen molar-refractivity contribution in [3.8, 4) is 0 Å². The number of furan rings is 1. The van der Waals surface area contributed by atoms with Crippen LogP contribution in [0.5, 0.6) is 0 Å². The third kappa shape index (κ3) is 5.73. The van der Waals surface area contributed by atoms with Crippen molar-refractivity contribution in [1.82, 2.24) is 0 Å². The van der Waals surface area contributed by atoms with Gasteiger partial charge in [0.1, 0.15) is 5.76 Å². The molecule has 0 N–H and O–H groups in total. The Labute approximate surface area is 350 Å². The molecule has 58 heavy (non-hydrogen) atoms. The Hall–Kier alpha value is -4.18. The van der Waals surface area contributed by atoms with E-state index in [2.05, 4.69) is 187 Å². The summed E-state index contributed by atoms with van der Waals surface area (Å²) in [6.07, 6.45) is 4.61. The summed E-state index contributed by atoms with van der Waals surface area (Å²) in [6.45, 7) is 38.1. The van der Waals surface area contributed by atoms with E-state index >= 15 is 0 Å². The molecule has 0 bridgehead atoms. The summed E-state index contributed by atoms with van der Waals surface area (Å²) in [4.78, 5) is 5.17. The molecule has 9 rings (SSSR count). The molecule has 302 valence electrons. The molecule has 2 aliphatic carbocycles. The highest BCUT2D eigenvalue weighted by Crippen LogP contribution is 2.54. The summed E-state index contributed by atoms with van der Waals surface area (Å²) in [5, 5.41) is 0. The van der Waals surface area contributed by atoms with E-state index in [1.165, 1.54) is 102 Å². The molecule has 0 fully saturated rings. The van der Waals surface area contributed by atoms with Gasteiger partial charge in [-0.1, -0.05) is 127 Å². The van der Waals surface area contributed by atoms with Crippen LogP contribution in [0, 0.1) is 13.8 Å². The predicted molar refractivity (Wildman–Crippen MR) is 250 cm³/mol. The molecule has 4 aliphatic rings. The Morgan fingerprint density at radius 2 is 1.10 bits per heavy atom. The molecule has 0 unspecified atom stereocenters. The van der Waals surface area contributed by atoms with Gasteiger partial charge < -0.3 is 9.32 Å². The minimum Gasteiger partial charge on any atom is -0.444 e. The lowest BCUT2D eigenvalue weighted by molar-refractivity contribution is 0.280. The summed E-state index contributed by atoms with van der Waals surface area (Å²) in [5.74, 6) is 2.19. The minimum atomic E-state index is -0.0772. The molecule has 2 aliphatic heterocycles. The quantitative estimate of drug-likeness (QED) is 0.163. The molecule has 0 saturated carbocycles. The number of hydrogen-bond donors (Lipinski definition) is 0. The fraction of sp³-hybridized carbons (Fsp3) is 0.481. The van der Waals surface area contributed by atoms with E-state index in [1.807, 2.05) is 0 Å². The smallest absolute Gasteiger partial charge is 0.256 e. The van der Waals surface area contributed by atoms with Crippen LogP contribution in [0.1, 0.15) is 167 Å². The van der Waals surface area contributed by atoms with Gasteiger partial charge in [-0.3, -0.25) is 4.90 Å². The first-order valence-electron chi connectivity index (χ1n) is 22.1. The Kier molecular flexibility index (Phi) is 8.27. The van der Waals surface area contributed by atoms with E-state index in [9.17, 15) is 0 Å². The largest absolute Gasteiger partial charge is 0.444 e. The number of hydrogen-bond acceptors (Lipinski definition) is 3. The summed E-state index contributed by atoms with van der Waals surface area (Å²) in [5.41, 5.74) is 20.2. The van der Waals surface area contributed by atoms with E-state index < -0.39 is 0 Å². The van der Waals surface area contributed by atoms with E-state index in [-0.39, 0.29) is 39.2 Å². The second-order valence-electron chi connectivity index (χ2n) is 23.4. The molecule has 4 aromatic carbocycles. The average Bonchev–Trinajstić information content (AvgIpc) is 3.54. The van der Waals surface area contributed by atoms with Gasteiger partial charge in [0.15, 0.2) is 5.88 Å². The summed E-state index contributed by atoms with van der Waals surface area (Å²) < 4.78 is 7.56. The van der Waals surface area contributed by atoms with Crippen LogP contribution >= 0.6 is 0 Å². The first-order valence-corrected chi connectivity index (χ1v) is 22.1. The SMILES string of the molecule is Cc1cc2c3c(c1)N(c1ccc4c(c1)C(C)(C)CCC4(C)C)c1oc4c(c1B3c1ccc(C(C)(C)C)cc1N2c1ccc(C(C)(C)C)cc1C)C(C)(C)CCC4(C)C. The second-order valence-corrected chi connectivity index (χ2v) is 23.4. The van der Waals surface area contributed by atoms with E-state index in [0.717, 1.165) is 18.7 Å². The van der Waals surface area contributed by atoms with Crippen LogP contribution in [-0.4, -0.2) is 6.71 Å². The van der Waals surface area contributed by atoms with Gasteiger partial charge in [0.2, 0.25) is 0 Å². The standard InChI is InChI=1S/C54H67BN2O/c1-32-27-42-45-43(28-32)57(40-22-18-34(29-33(40)2)49(3,4)5)41-30-35(50(6,7)8)17-21-39(41)55(45)46-44-47(54(15,16)26-25-53(44,13)14)58-48(46)56(42)36-19-20-37-38(31-36)52(11,12)24-23-51(37,9)10/h17-22,27-31H,23-26H2,1-16H3. The van der Waals surface area contributed by atoms with Crippen LogP contribution in [0.15, 0.2) is 71.1 Å². The van der Waals surface area contributed by atoms with Gasteiger partial charge in [-0.15, -0.1) is 0 Å². The van der Waals surface area contributed by atoms with Crippen LogP contribution in [-0.2, 0) is 32.5 Å². The van der Waals surface area contributed by atoms with Crippen molar-refractivity contribution < 1.29 is 4.42 Å². The van der Waals surface area contributed by atoms with Gasteiger partial charge in [-0.25, -0.2) is 0 Å². The average molecular weight is 771 g/mol. The number of benzene rings is 4. The summed E-state index contributed by atoms with van der Waals surface area (Å²) in [7, 11) is 0. The molecular formula is C54H67BN2O. The third-order valence-electron chi connectivity index (χ3n) is 15.0. The van der Waals surface area contributed by atoms with E-state index in [4.69, 9.17) is 4.42 Å². The van der Waals surface area contributed by atoms with Crippen molar-refractivity contribution in [2.75, 3.05) is 9.80 Å². The maximum absolute atomic E-state index is 7.56. The molecule has 4 heteroatoms. The Morgan fingerprint density at radius 1 is 0.534 bits per heavy atom. The minimum absolute atomic E-state index is 0.00594. The van der Waals surface area contributed by atoms with E-state index in [1.54, 1.807) is 0 Å². The van der Waals surface area contributed by atoms with Gasteiger partial charge in [0, 0.05) is 33.9 Å². The van der Waals surface area contributed by atoms with Crippen molar-refractivity contribution >= 4 is 57.4 Å². The van der Waals surface area contributed by atoms with Crippen LogP contribution in [0.25, 0.3) is 0 Å². The number of anilines is 6. The first-order chi connectivity index (χ1) is 26.8. The maximum Gasteiger partial charge on any atom is 0.256 e. The van der Waals surface area contributed by atoms with Crippen LogP contribution in [0.3, 0.4) is 0 Å². The first kappa shape index (κ1) is 39.3. The van der Waals surface area contributed by atoms with Gasteiger partial charge in [-0.2, -0.15) is 0 Å². The van der Waals surface area contributed by atoms with Crippen LogP contribution in [0.2, 0.25) is 0 Å². The molecule has 3 nitrogen and oxygen atoms in total. The summed E-state index contributed by atoms with van der Waals surface area (Å²) >= 11 is 0. The molecule has 0 saturated heterocycles. The number of fused-ring (bicyclic) bond motifs is 7. The molecule has 0 atom stereocenters. The Balaban J connectivity index is 1.41. The zero-order valence-corrected chi connectivity index (χ0v) is 38.6. The highest BCUT2D eigenvalue weighted by atomic mass is 16.4. The van der Waals surface area contributed by atoms with Crippen LogP contribution in [0.4, 0.5) is 34.3 Å². The predicted octanol–water partition coefficient (Wildman–Crippen LogP) is 13.3. The monoisotopic (exact) mass is 771 g/mol. The van der Waals surface area contributed by atoms with E-state index in [0.29, 0.717) is 0 Å². The molecule has 5 aromatic rings. The van der Waals surface area contributed by atoms with Crippen molar-refractivity contribution in [2.45, 2.75) is 169 Å². The Morgan fingerprint density at radius 3 is 1.74 bits per heavy atom. The third-order valence-corrected chi connectivity index (χ3v) is 15.0. The second kappa shape index (κ2) is 12.2. The molecule has 0 amide bonds. The van der Waals surface area contributed by atoms with Crippen molar-refractivity contribution in [3.05, 3.63) is 111 Å². The summed E-state index contributed by atoms with van der Waals surface area (Å²) in [6, 6.07) is 26.9. The normalized spacial score (nSPS) is 19.6. The number of aryl methyl sites for hydroxylation is 2. The fourth-order valence-electron chi connectivity index (χ4n) is 11.1. The topological polar surface area (TPSA) is 19.6 Å². The molecule has 3 heterocycles. The Bertz CT molecular complexity index is 2530. The molecule has 0 radical (unpaired) electrons. The van der Waals surface area contributed by atoms with Gasteiger partial charge in [-0.05, 0) is 158 Å². The molecule has 0 spiro atoms. The highest BCUT2D eigenvalue weighted by molar-refractivity contribution is 7.00. The number of nitrogens with zero attached hydrogens (tertiary/aromatic N) is 2. The van der Waals surface area contributed by atoms with Crippen molar-refractivity contribution in [1.29, 1.82) is 0 Å². The van der Waals surface area contributed by atoms with Gasteiger partial charge in [0.05, 0.1) is 0 Å². The number of rotatable bonds is 2. The maximum atomic E-state index is 7.56. The van der Waals surface area contributed by atoms with Crippen molar-refractivity contribution in [3.63, 3.8) is 0 Å². The van der Waals surface area contributed by atoms with Gasteiger partial charge >= 0.3 is 0 Å². The lowest BCUT2D eigenvalue weighted by Crippen LogP contribution is -2.62. The van der Waals surface area contributed by atoms with Gasteiger partial charge in [0.25, 0.3) is 6.71 Å². The zero-order chi connectivity index (χ0) is 41.9. The van der Waals surface area contributed by atoms with Crippen molar-refractivity contribution in [2.24, 2.45) is 0 Å². The lowest BCUT2D eigenvalue weighted by Gasteiger charge is -2.45. The molecule has 1 aromatic heterocycles. The molecular weight excluding hydrogens is 703 g/mol. The highest BCUT2D eigenvalue weighted by Gasteiger charge is 2.53. The fourth-order valence-corrected chi connectivity index (χ4v) is 11.1.